The molecule has 13 heteroatoms. The lowest BCUT2D eigenvalue weighted by atomic mass is 10.1. The monoisotopic (exact) mass is 564 g/mol. The number of halogens is 2. The number of aryl methyl sites for hydroxylation is 1. The van der Waals surface area contributed by atoms with E-state index in [0.717, 1.165) is 10.4 Å². The normalized spacial score (nSPS) is 11.6. The Morgan fingerprint density at radius 1 is 1.08 bits per heavy atom. The number of nitro benzene ring substituents is 1. The van der Waals surface area contributed by atoms with Crippen LogP contribution in [0.5, 0.6) is 5.75 Å². The van der Waals surface area contributed by atoms with Gasteiger partial charge in [-0.1, -0.05) is 41.4 Å². The van der Waals surface area contributed by atoms with Crippen LogP contribution in [0.25, 0.3) is 0 Å². The number of nitrogens with one attached hydrogen (secondary N) is 1. The zero-order valence-electron chi connectivity index (χ0n) is 19.9. The molecule has 0 saturated heterocycles. The molecule has 0 fully saturated rings. The van der Waals surface area contributed by atoms with Crippen molar-refractivity contribution in [3.05, 3.63) is 92.0 Å². The fraction of sp³-hybridized carbons (Fsp3) is 0.167. The molecule has 0 unspecified atom stereocenters. The number of sulfonamides is 1. The Hall–Kier alpha value is -3.67. The van der Waals surface area contributed by atoms with Gasteiger partial charge in [0.15, 0.2) is 0 Å². The minimum Gasteiger partial charge on any atom is -0.495 e. The number of amides is 1. The number of carbonyl (C=O) groups excluding carboxylic acids is 1. The smallest absolute Gasteiger partial charge is 0.273 e. The molecule has 0 aliphatic heterocycles. The van der Waals surface area contributed by atoms with E-state index in [4.69, 9.17) is 27.9 Å². The standard InChI is InChI=1S/C24H22Cl2N4O6S/c1-15-4-10-20(13-21(15)30(32)33)37(34,35)29(22-12-19(26)9-11-23(22)36-3)14-24(31)28-27-16(2)17-5-7-18(25)8-6-17/h4-13H,14H2,1-3H3,(H,28,31)/b27-16-. The summed E-state index contributed by atoms with van der Waals surface area (Å²) in [4.78, 5) is 23.2. The summed E-state index contributed by atoms with van der Waals surface area (Å²) >= 11 is 12.0. The molecule has 37 heavy (non-hydrogen) atoms. The number of nitrogens with zero attached hydrogens (tertiary/aromatic N) is 3. The van der Waals surface area contributed by atoms with Crippen LogP contribution in [0.1, 0.15) is 18.1 Å². The number of carbonyl (C=O) groups is 1. The molecule has 3 aromatic carbocycles. The Morgan fingerprint density at radius 3 is 2.35 bits per heavy atom. The molecule has 0 aliphatic rings. The molecule has 0 aliphatic carbocycles. The third-order valence-corrected chi connectivity index (χ3v) is 7.52. The molecule has 1 N–H and O–H groups in total. The molecular formula is C24H22Cl2N4O6S. The van der Waals surface area contributed by atoms with Gasteiger partial charge in [0.25, 0.3) is 21.6 Å². The van der Waals surface area contributed by atoms with Crippen LogP contribution in [0.2, 0.25) is 10.0 Å². The van der Waals surface area contributed by atoms with E-state index >= 15 is 0 Å². The second-order valence-corrected chi connectivity index (χ2v) is 10.5. The molecule has 0 spiro atoms. The molecule has 0 radical (unpaired) electrons. The quantitative estimate of drug-likeness (QED) is 0.222. The van der Waals surface area contributed by atoms with E-state index in [1.54, 1.807) is 31.2 Å². The van der Waals surface area contributed by atoms with Crippen LogP contribution in [0.3, 0.4) is 0 Å². The lowest BCUT2D eigenvalue weighted by molar-refractivity contribution is -0.385. The highest BCUT2D eigenvalue weighted by atomic mass is 35.5. The van der Waals surface area contributed by atoms with Crippen LogP contribution in [-0.4, -0.2) is 38.6 Å². The van der Waals surface area contributed by atoms with Gasteiger partial charge in [-0.3, -0.25) is 19.2 Å². The molecule has 3 rings (SSSR count). The van der Waals surface area contributed by atoms with Gasteiger partial charge in [-0.15, -0.1) is 0 Å². The maximum Gasteiger partial charge on any atom is 0.273 e. The van der Waals surface area contributed by atoms with Crippen molar-refractivity contribution >= 4 is 56.2 Å². The number of hydrogen-bond acceptors (Lipinski definition) is 7. The predicted octanol–water partition coefficient (Wildman–Crippen LogP) is 4.95. The molecule has 0 heterocycles. The third kappa shape index (κ3) is 6.56. The van der Waals surface area contributed by atoms with Crippen LogP contribution < -0.4 is 14.5 Å². The lowest BCUT2D eigenvalue weighted by Gasteiger charge is -2.25. The van der Waals surface area contributed by atoms with Crippen molar-refractivity contribution in [1.29, 1.82) is 0 Å². The first-order chi connectivity index (χ1) is 17.4. The van der Waals surface area contributed by atoms with Gasteiger partial charge in [-0.25, -0.2) is 13.8 Å². The maximum absolute atomic E-state index is 13.7. The second-order valence-electron chi connectivity index (χ2n) is 7.77. The number of hydrogen-bond donors (Lipinski definition) is 1. The van der Waals surface area contributed by atoms with Crippen molar-refractivity contribution in [1.82, 2.24) is 5.43 Å². The number of methoxy groups -OCH3 is 1. The fourth-order valence-electron chi connectivity index (χ4n) is 3.30. The largest absolute Gasteiger partial charge is 0.495 e. The van der Waals surface area contributed by atoms with Crippen LogP contribution in [0.15, 0.2) is 70.7 Å². The van der Waals surface area contributed by atoms with E-state index in [0.29, 0.717) is 16.3 Å². The van der Waals surface area contributed by atoms with Gasteiger partial charge < -0.3 is 4.74 Å². The van der Waals surface area contributed by atoms with Gasteiger partial charge in [0, 0.05) is 21.7 Å². The molecule has 0 saturated carbocycles. The summed E-state index contributed by atoms with van der Waals surface area (Å²) in [6.07, 6.45) is 0. The summed E-state index contributed by atoms with van der Waals surface area (Å²) in [5, 5.41) is 16.2. The molecule has 0 aromatic heterocycles. The number of nitro groups is 1. The lowest BCUT2D eigenvalue weighted by Crippen LogP contribution is -2.40. The van der Waals surface area contributed by atoms with Crippen molar-refractivity contribution < 1.29 is 22.9 Å². The van der Waals surface area contributed by atoms with Gasteiger partial charge in [-0.2, -0.15) is 5.10 Å². The highest BCUT2D eigenvalue weighted by molar-refractivity contribution is 7.92. The van der Waals surface area contributed by atoms with Gasteiger partial charge in [-0.05, 0) is 55.8 Å². The number of rotatable bonds is 9. The average molecular weight is 565 g/mol. The van der Waals surface area contributed by atoms with Crippen LogP contribution in [-0.2, 0) is 14.8 Å². The summed E-state index contributed by atoms with van der Waals surface area (Å²) in [7, 11) is -3.17. The van der Waals surface area contributed by atoms with Gasteiger partial charge in [0.1, 0.15) is 12.3 Å². The fourth-order valence-corrected chi connectivity index (χ4v) is 5.04. The van der Waals surface area contributed by atoms with Gasteiger partial charge in [0.05, 0.1) is 28.3 Å². The Labute approximate surface area is 223 Å². The summed E-state index contributed by atoms with van der Waals surface area (Å²) in [6, 6.07) is 14.5. The van der Waals surface area contributed by atoms with Gasteiger partial charge in [0.2, 0.25) is 0 Å². The minimum absolute atomic E-state index is 0.0354. The first-order valence-corrected chi connectivity index (χ1v) is 12.8. The van der Waals surface area contributed by atoms with E-state index in [1.807, 2.05) is 0 Å². The van der Waals surface area contributed by atoms with E-state index in [2.05, 4.69) is 10.5 Å². The number of benzene rings is 3. The molecule has 0 bridgehead atoms. The van der Waals surface area contributed by atoms with E-state index < -0.39 is 27.4 Å². The number of hydrazone groups is 1. The highest BCUT2D eigenvalue weighted by Crippen LogP contribution is 2.35. The first-order valence-electron chi connectivity index (χ1n) is 10.6. The van der Waals surface area contributed by atoms with Gasteiger partial charge >= 0.3 is 0 Å². The summed E-state index contributed by atoms with van der Waals surface area (Å²) < 4.78 is 33.5. The molecule has 194 valence electrons. The molecular weight excluding hydrogens is 543 g/mol. The summed E-state index contributed by atoms with van der Waals surface area (Å²) in [5.74, 6) is -0.663. The van der Waals surface area contributed by atoms with Crippen molar-refractivity contribution in [2.24, 2.45) is 5.10 Å². The van der Waals surface area contributed by atoms with E-state index in [9.17, 15) is 23.3 Å². The number of ether oxygens (including phenoxy) is 1. The topological polar surface area (TPSA) is 131 Å². The van der Waals surface area contributed by atoms with Crippen molar-refractivity contribution in [3.63, 3.8) is 0 Å². The average Bonchev–Trinajstić information content (AvgIpc) is 2.86. The summed E-state index contributed by atoms with van der Waals surface area (Å²) in [6.45, 7) is 2.42. The van der Waals surface area contributed by atoms with Crippen LogP contribution in [0.4, 0.5) is 11.4 Å². The SMILES string of the molecule is COc1ccc(Cl)cc1N(CC(=O)N/N=C(/C)c1ccc(Cl)cc1)S(=O)(=O)c1ccc(C)c([N+](=O)[O-])c1. The highest BCUT2D eigenvalue weighted by Gasteiger charge is 2.31. The van der Waals surface area contributed by atoms with Crippen molar-refractivity contribution in [2.45, 2.75) is 18.7 Å². The van der Waals surface area contributed by atoms with Crippen molar-refractivity contribution in [2.75, 3.05) is 18.0 Å². The zero-order chi connectivity index (χ0) is 27.3. The van der Waals surface area contributed by atoms with Crippen LogP contribution >= 0.6 is 23.2 Å². The second kappa shape index (κ2) is 11.6. The summed E-state index contributed by atoms with van der Waals surface area (Å²) in [5.41, 5.74) is 3.34. The Balaban J connectivity index is 2.02. The third-order valence-electron chi connectivity index (χ3n) is 5.27. The Bertz CT molecular complexity index is 1480. The Morgan fingerprint density at radius 2 is 1.73 bits per heavy atom. The van der Waals surface area contributed by atoms with Crippen LogP contribution in [0, 0.1) is 17.0 Å². The molecule has 3 aromatic rings. The van der Waals surface area contributed by atoms with Crippen molar-refractivity contribution in [3.8, 4) is 5.75 Å². The Kier molecular flexibility index (Phi) is 8.74. The predicted molar refractivity (Wildman–Crippen MR) is 142 cm³/mol. The minimum atomic E-state index is -4.50. The molecule has 1 amide bonds. The molecule has 0 atom stereocenters. The first kappa shape index (κ1) is 27.9. The maximum atomic E-state index is 13.7. The molecule has 10 nitrogen and oxygen atoms in total. The number of anilines is 1. The van der Waals surface area contributed by atoms with E-state index in [1.165, 1.54) is 44.4 Å². The van der Waals surface area contributed by atoms with E-state index in [-0.39, 0.29) is 32.6 Å². The zero-order valence-corrected chi connectivity index (χ0v) is 22.3.